The molecule has 2 atom stereocenters. The van der Waals surface area contributed by atoms with Gasteiger partial charge in [-0.2, -0.15) is 25.3 Å². The Morgan fingerprint density at radius 1 is 1.33 bits per heavy atom. The van der Waals surface area contributed by atoms with E-state index in [0.29, 0.717) is 6.04 Å². The maximum atomic E-state index is 4.38. The zero-order valence-electron chi connectivity index (χ0n) is 10.0. The molecule has 0 fully saturated rings. The Morgan fingerprint density at radius 3 is 2.40 bits per heavy atom. The lowest BCUT2D eigenvalue weighted by atomic mass is 10.1. The summed E-state index contributed by atoms with van der Waals surface area (Å²) in [5.41, 5.74) is 0.0623. The number of rotatable bonds is 9. The molecule has 0 aliphatic heterocycles. The van der Waals surface area contributed by atoms with Crippen molar-refractivity contribution in [1.82, 2.24) is 16.0 Å². The first-order valence-electron chi connectivity index (χ1n) is 5.46. The number of thiol groups is 2. The van der Waals surface area contributed by atoms with Crippen molar-refractivity contribution in [2.75, 3.05) is 38.2 Å². The highest BCUT2D eigenvalue weighted by Gasteiger charge is 2.21. The zero-order chi connectivity index (χ0) is 11.7. The summed E-state index contributed by atoms with van der Waals surface area (Å²) in [5.74, 6) is 1.67. The number of hydrogen-bond acceptors (Lipinski definition) is 5. The van der Waals surface area contributed by atoms with E-state index in [1.165, 1.54) is 0 Å². The Labute approximate surface area is 105 Å². The first kappa shape index (κ1) is 15.6. The lowest BCUT2D eigenvalue weighted by Gasteiger charge is -2.31. The summed E-state index contributed by atoms with van der Waals surface area (Å²) in [6, 6.07) is 0.413. The van der Waals surface area contributed by atoms with Gasteiger partial charge < -0.3 is 16.0 Å². The van der Waals surface area contributed by atoms with Crippen molar-refractivity contribution >= 4 is 25.3 Å². The molecular formula is C10H25N3S2. The lowest BCUT2D eigenvalue weighted by Crippen LogP contribution is -2.55. The van der Waals surface area contributed by atoms with Crippen LogP contribution in [0.3, 0.4) is 0 Å². The van der Waals surface area contributed by atoms with E-state index in [-0.39, 0.29) is 5.54 Å². The van der Waals surface area contributed by atoms with Crippen molar-refractivity contribution in [3.05, 3.63) is 0 Å². The monoisotopic (exact) mass is 251 g/mol. The van der Waals surface area contributed by atoms with Gasteiger partial charge in [0.1, 0.15) is 0 Å². The van der Waals surface area contributed by atoms with E-state index in [1.807, 2.05) is 7.05 Å². The van der Waals surface area contributed by atoms with E-state index < -0.39 is 0 Å². The quantitative estimate of drug-likeness (QED) is 0.385. The molecule has 0 spiro atoms. The van der Waals surface area contributed by atoms with Gasteiger partial charge in [-0.15, -0.1) is 0 Å². The van der Waals surface area contributed by atoms with Gasteiger partial charge in [0.2, 0.25) is 0 Å². The molecule has 0 amide bonds. The van der Waals surface area contributed by atoms with Crippen LogP contribution >= 0.6 is 25.3 Å². The van der Waals surface area contributed by atoms with Crippen LogP contribution in [0.5, 0.6) is 0 Å². The minimum Gasteiger partial charge on any atom is -0.318 e. The molecule has 0 aromatic carbocycles. The van der Waals surface area contributed by atoms with E-state index in [9.17, 15) is 0 Å². The molecule has 0 rings (SSSR count). The molecular weight excluding hydrogens is 226 g/mol. The first-order valence-corrected chi connectivity index (χ1v) is 6.73. The second kappa shape index (κ2) is 8.70. The maximum Gasteiger partial charge on any atom is 0.0366 e. The highest BCUT2D eigenvalue weighted by atomic mass is 32.1. The predicted octanol–water partition coefficient (Wildman–Crippen LogP) is 0.392. The molecule has 0 saturated carbocycles. The Morgan fingerprint density at radius 2 is 2.00 bits per heavy atom. The molecule has 0 unspecified atom stereocenters. The summed E-state index contributed by atoms with van der Waals surface area (Å²) in [6.45, 7) is 7.13. The largest absolute Gasteiger partial charge is 0.318 e. The predicted molar refractivity (Wildman–Crippen MR) is 75.5 cm³/mol. The van der Waals surface area contributed by atoms with Gasteiger partial charge in [-0.3, -0.25) is 0 Å². The van der Waals surface area contributed by atoms with Crippen LogP contribution in [0.2, 0.25) is 0 Å². The van der Waals surface area contributed by atoms with Crippen molar-refractivity contribution in [1.29, 1.82) is 0 Å². The second-order valence-corrected chi connectivity index (χ2v) is 4.75. The van der Waals surface area contributed by atoms with Crippen molar-refractivity contribution in [2.45, 2.75) is 25.4 Å². The Bertz CT molecular complexity index is 158. The summed E-state index contributed by atoms with van der Waals surface area (Å²) in [6.07, 6.45) is 0. The third kappa shape index (κ3) is 6.68. The smallest absolute Gasteiger partial charge is 0.0366 e. The molecule has 15 heavy (non-hydrogen) atoms. The number of likely N-dealkylation sites (N-methyl/N-ethyl adjacent to an activating group) is 2. The van der Waals surface area contributed by atoms with E-state index in [0.717, 1.165) is 31.1 Å². The van der Waals surface area contributed by atoms with Crippen LogP contribution in [0, 0.1) is 0 Å². The zero-order valence-corrected chi connectivity index (χ0v) is 11.8. The average Bonchev–Trinajstić information content (AvgIpc) is 2.24. The topological polar surface area (TPSA) is 36.1 Å². The highest BCUT2D eigenvalue weighted by Crippen LogP contribution is 2.04. The SMILES string of the molecule is CCN[C@](C)(CS)CN[C@H](CS)CNC. The van der Waals surface area contributed by atoms with Crippen LogP contribution in [0.15, 0.2) is 0 Å². The third-order valence-corrected chi connectivity index (χ3v) is 3.54. The van der Waals surface area contributed by atoms with E-state index >= 15 is 0 Å². The molecule has 0 saturated heterocycles. The summed E-state index contributed by atoms with van der Waals surface area (Å²) < 4.78 is 0. The summed E-state index contributed by atoms with van der Waals surface area (Å²) >= 11 is 8.70. The fourth-order valence-electron chi connectivity index (χ4n) is 1.42. The molecule has 0 bridgehead atoms. The standard InChI is InChI=1S/C10H25N3S2/c1-4-13-10(2,8-15)7-12-9(6-14)5-11-3/h9,11-15H,4-8H2,1-3H3/t9-,10-/m0/s1. The highest BCUT2D eigenvalue weighted by molar-refractivity contribution is 7.80. The number of hydrogen-bond donors (Lipinski definition) is 5. The van der Waals surface area contributed by atoms with E-state index in [4.69, 9.17) is 0 Å². The molecule has 3 nitrogen and oxygen atoms in total. The van der Waals surface area contributed by atoms with Crippen LogP contribution in [0.1, 0.15) is 13.8 Å². The van der Waals surface area contributed by atoms with Crippen LogP contribution < -0.4 is 16.0 Å². The molecule has 0 aliphatic carbocycles. The van der Waals surface area contributed by atoms with Crippen molar-refractivity contribution in [3.63, 3.8) is 0 Å². The molecule has 5 heteroatoms. The summed E-state index contributed by atoms with van der Waals surface area (Å²) in [7, 11) is 1.96. The van der Waals surface area contributed by atoms with Crippen LogP contribution in [-0.4, -0.2) is 49.8 Å². The molecule has 3 N–H and O–H groups in total. The van der Waals surface area contributed by atoms with Crippen LogP contribution in [0.4, 0.5) is 0 Å². The van der Waals surface area contributed by atoms with Gasteiger partial charge in [0.25, 0.3) is 0 Å². The van der Waals surface area contributed by atoms with Gasteiger partial charge in [0, 0.05) is 36.2 Å². The average molecular weight is 251 g/mol. The van der Waals surface area contributed by atoms with Crippen molar-refractivity contribution < 1.29 is 0 Å². The number of nitrogens with one attached hydrogen (secondary N) is 3. The summed E-state index contributed by atoms with van der Waals surface area (Å²) in [4.78, 5) is 0. The summed E-state index contributed by atoms with van der Waals surface area (Å²) in [5, 5.41) is 10.1. The molecule has 0 aromatic rings. The van der Waals surface area contributed by atoms with Crippen molar-refractivity contribution in [3.8, 4) is 0 Å². The first-order chi connectivity index (χ1) is 7.11. The maximum absolute atomic E-state index is 4.38. The normalized spacial score (nSPS) is 17.4. The fourth-order valence-corrected chi connectivity index (χ4v) is 1.90. The van der Waals surface area contributed by atoms with Gasteiger partial charge in [-0.1, -0.05) is 6.92 Å². The van der Waals surface area contributed by atoms with E-state index in [2.05, 4.69) is 55.1 Å². The van der Waals surface area contributed by atoms with Gasteiger partial charge in [0.05, 0.1) is 0 Å². The van der Waals surface area contributed by atoms with Crippen LogP contribution in [0.25, 0.3) is 0 Å². The molecule has 0 aromatic heterocycles. The minimum atomic E-state index is 0.0623. The van der Waals surface area contributed by atoms with Gasteiger partial charge >= 0.3 is 0 Å². The minimum absolute atomic E-state index is 0.0623. The van der Waals surface area contributed by atoms with Crippen LogP contribution in [-0.2, 0) is 0 Å². The Kier molecular flexibility index (Phi) is 9.04. The lowest BCUT2D eigenvalue weighted by molar-refractivity contribution is 0.361. The Balaban J connectivity index is 3.96. The van der Waals surface area contributed by atoms with Gasteiger partial charge in [-0.25, -0.2) is 0 Å². The molecule has 92 valence electrons. The third-order valence-electron chi connectivity index (χ3n) is 2.40. The van der Waals surface area contributed by atoms with Crippen molar-refractivity contribution in [2.24, 2.45) is 0 Å². The van der Waals surface area contributed by atoms with Gasteiger partial charge in [0.15, 0.2) is 0 Å². The molecule has 0 heterocycles. The van der Waals surface area contributed by atoms with E-state index in [1.54, 1.807) is 0 Å². The fraction of sp³-hybridized carbons (Fsp3) is 1.00. The van der Waals surface area contributed by atoms with Gasteiger partial charge in [-0.05, 0) is 20.5 Å². The molecule has 0 aliphatic rings. The molecule has 0 radical (unpaired) electrons. The Hall–Kier alpha value is 0.580. The second-order valence-electron chi connectivity index (χ2n) is 4.07.